The first-order valence-corrected chi connectivity index (χ1v) is 6.09. The second-order valence-corrected chi connectivity index (χ2v) is 4.64. The van der Waals surface area contributed by atoms with E-state index in [1.165, 1.54) is 12.1 Å². The fraction of sp³-hybridized carbons (Fsp3) is 0.200. The molecule has 0 aliphatic rings. The smallest absolute Gasteiger partial charge is 0.399 e. The Labute approximate surface area is 115 Å². The van der Waals surface area contributed by atoms with Crippen molar-refractivity contribution in [3.8, 4) is 0 Å². The summed E-state index contributed by atoms with van der Waals surface area (Å²) >= 11 is 0. The zero-order chi connectivity index (χ0) is 14.8. The van der Waals surface area contributed by atoms with Gasteiger partial charge in [-0.15, -0.1) is 0 Å². The van der Waals surface area contributed by atoms with Crippen molar-refractivity contribution in [2.24, 2.45) is 0 Å². The van der Waals surface area contributed by atoms with Crippen molar-refractivity contribution in [2.45, 2.75) is 12.7 Å². The van der Waals surface area contributed by atoms with Gasteiger partial charge in [0.15, 0.2) is 0 Å². The van der Waals surface area contributed by atoms with Crippen molar-refractivity contribution in [2.75, 3.05) is 17.7 Å². The normalized spacial score (nSPS) is 11.4. The van der Waals surface area contributed by atoms with Crippen LogP contribution in [0.4, 0.5) is 24.5 Å². The Bertz CT molecular complexity index is 559. The number of nitrogens with two attached hydrogens (primary N) is 1. The van der Waals surface area contributed by atoms with Gasteiger partial charge in [0, 0.05) is 25.0 Å². The molecule has 0 atom stereocenters. The molecule has 106 valence electrons. The lowest BCUT2D eigenvalue weighted by Crippen LogP contribution is -2.16. The molecule has 2 aromatic carbocycles. The lowest BCUT2D eigenvalue weighted by atomic mass is 10.1. The average molecular weight is 280 g/mol. The Morgan fingerprint density at radius 3 is 2.00 bits per heavy atom. The molecular formula is C15H15F3N2. The highest BCUT2D eigenvalue weighted by molar-refractivity contribution is 5.52. The van der Waals surface area contributed by atoms with Gasteiger partial charge in [0.2, 0.25) is 0 Å². The lowest BCUT2D eigenvalue weighted by Gasteiger charge is -2.20. The fourth-order valence-corrected chi connectivity index (χ4v) is 1.89. The van der Waals surface area contributed by atoms with E-state index in [0.717, 1.165) is 23.4 Å². The molecule has 0 fully saturated rings. The first-order chi connectivity index (χ1) is 9.36. The van der Waals surface area contributed by atoms with Gasteiger partial charge in [-0.1, -0.05) is 12.1 Å². The Morgan fingerprint density at radius 1 is 0.950 bits per heavy atom. The summed E-state index contributed by atoms with van der Waals surface area (Å²) in [5.41, 5.74) is 7.44. The molecule has 2 N–H and O–H groups in total. The van der Waals surface area contributed by atoms with E-state index in [4.69, 9.17) is 5.73 Å². The molecule has 0 saturated heterocycles. The Kier molecular flexibility index (Phi) is 3.88. The fourth-order valence-electron chi connectivity index (χ4n) is 1.89. The van der Waals surface area contributed by atoms with Gasteiger partial charge in [0.05, 0.1) is 5.56 Å². The van der Waals surface area contributed by atoms with Gasteiger partial charge in [-0.25, -0.2) is 0 Å². The third-order valence-corrected chi connectivity index (χ3v) is 3.03. The summed E-state index contributed by atoms with van der Waals surface area (Å²) in [5.74, 6) is 0. The summed E-state index contributed by atoms with van der Waals surface area (Å²) in [5, 5.41) is 0. The third-order valence-electron chi connectivity index (χ3n) is 3.03. The molecule has 0 aromatic heterocycles. The zero-order valence-corrected chi connectivity index (χ0v) is 11.0. The minimum Gasteiger partial charge on any atom is -0.399 e. The maximum atomic E-state index is 12.5. The topological polar surface area (TPSA) is 29.3 Å². The van der Waals surface area contributed by atoms with E-state index in [2.05, 4.69) is 0 Å². The lowest BCUT2D eigenvalue weighted by molar-refractivity contribution is -0.137. The van der Waals surface area contributed by atoms with Crippen LogP contribution in [0.15, 0.2) is 48.5 Å². The average Bonchev–Trinajstić information content (AvgIpc) is 2.39. The van der Waals surface area contributed by atoms with Crippen molar-refractivity contribution >= 4 is 11.4 Å². The maximum Gasteiger partial charge on any atom is 0.416 e. The summed E-state index contributed by atoms with van der Waals surface area (Å²) in [4.78, 5) is 1.95. The monoisotopic (exact) mass is 280 g/mol. The zero-order valence-electron chi connectivity index (χ0n) is 11.0. The van der Waals surface area contributed by atoms with Crippen LogP contribution in [0.3, 0.4) is 0 Å². The van der Waals surface area contributed by atoms with Crippen molar-refractivity contribution < 1.29 is 13.2 Å². The Hall–Kier alpha value is -2.17. The number of halogens is 3. The molecule has 0 aliphatic carbocycles. The van der Waals surface area contributed by atoms with Gasteiger partial charge >= 0.3 is 6.18 Å². The van der Waals surface area contributed by atoms with E-state index < -0.39 is 11.7 Å². The third kappa shape index (κ3) is 3.44. The predicted octanol–water partition coefficient (Wildman–Crippen LogP) is 3.92. The van der Waals surface area contributed by atoms with Crippen molar-refractivity contribution in [3.63, 3.8) is 0 Å². The number of rotatable bonds is 3. The summed E-state index contributed by atoms with van der Waals surface area (Å²) in [6, 6.07) is 12.5. The van der Waals surface area contributed by atoms with Crippen LogP contribution in [0.1, 0.15) is 11.1 Å². The minimum absolute atomic E-state index is 0.530. The molecule has 0 aliphatic heterocycles. The molecule has 0 spiro atoms. The number of hydrogen-bond donors (Lipinski definition) is 1. The number of benzene rings is 2. The van der Waals surface area contributed by atoms with E-state index in [0.29, 0.717) is 12.2 Å². The summed E-state index contributed by atoms with van der Waals surface area (Å²) in [6.07, 6.45) is -4.29. The van der Waals surface area contributed by atoms with Crippen LogP contribution in [-0.4, -0.2) is 7.05 Å². The highest BCUT2D eigenvalue weighted by atomic mass is 19.4. The maximum absolute atomic E-state index is 12.5. The van der Waals surface area contributed by atoms with Gasteiger partial charge < -0.3 is 10.6 Å². The second-order valence-electron chi connectivity index (χ2n) is 4.64. The quantitative estimate of drug-likeness (QED) is 0.863. The first-order valence-electron chi connectivity index (χ1n) is 6.09. The van der Waals surface area contributed by atoms with Gasteiger partial charge in [0.1, 0.15) is 0 Å². The molecule has 20 heavy (non-hydrogen) atoms. The highest BCUT2D eigenvalue weighted by Crippen LogP contribution is 2.29. The molecule has 2 nitrogen and oxygen atoms in total. The Morgan fingerprint density at radius 2 is 1.50 bits per heavy atom. The molecule has 2 aromatic rings. The number of hydrogen-bond acceptors (Lipinski definition) is 2. The number of anilines is 2. The molecule has 5 heteroatoms. The standard InChI is InChI=1S/C15H15F3N2/c1-20(14-8-6-13(19)7-9-14)10-11-2-4-12(5-3-11)15(16,17)18/h2-9H,10,19H2,1H3. The van der Waals surface area contributed by atoms with Gasteiger partial charge in [-0.05, 0) is 42.0 Å². The van der Waals surface area contributed by atoms with Crippen molar-refractivity contribution in [1.29, 1.82) is 0 Å². The SMILES string of the molecule is CN(Cc1ccc(C(F)(F)F)cc1)c1ccc(N)cc1. The van der Waals surface area contributed by atoms with Crippen molar-refractivity contribution in [1.82, 2.24) is 0 Å². The van der Waals surface area contributed by atoms with Crippen LogP contribution in [0.2, 0.25) is 0 Å². The molecule has 0 radical (unpaired) electrons. The summed E-state index contributed by atoms with van der Waals surface area (Å²) in [7, 11) is 1.88. The van der Waals surface area contributed by atoms with E-state index in [-0.39, 0.29) is 0 Å². The predicted molar refractivity (Wildman–Crippen MR) is 74.4 cm³/mol. The van der Waals surface area contributed by atoms with Crippen LogP contribution in [0.5, 0.6) is 0 Å². The molecule has 0 unspecified atom stereocenters. The number of alkyl halides is 3. The van der Waals surface area contributed by atoms with Crippen molar-refractivity contribution in [3.05, 3.63) is 59.7 Å². The Balaban J connectivity index is 2.08. The summed E-state index contributed by atoms with van der Waals surface area (Å²) < 4.78 is 37.4. The van der Waals surface area contributed by atoms with Gasteiger partial charge in [-0.2, -0.15) is 13.2 Å². The van der Waals surface area contributed by atoms with Gasteiger partial charge in [-0.3, -0.25) is 0 Å². The highest BCUT2D eigenvalue weighted by Gasteiger charge is 2.29. The van der Waals surface area contributed by atoms with E-state index in [1.807, 2.05) is 24.1 Å². The van der Waals surface area contributed by atoms with E-state index in [1.54, 1.807) is 12.1 Å². The molecule has 0 amide bonds. The largest absolute Gasteiger partial charge is 0.416 e. The molecule has 2 rings (SSSR count). The van der Waals surface area contributed by atoms with Gasteiger partial charge in [0.25, 0.3) is 0 Å². The minimum atomic E-state index is -4.29. The second kappa shape index (κ2) is 5.45. The molecule has 0 bridgehead atoms. The van der Waals surface area contributed by atoms with E-state index in [9.17, 15) is 13.2 Å². The van der Waals surface area contributed by atoms with Crippen LogP contribution in [-0.2, 0) is 12.7 Å². The molecular weight excluding hydrogens is 265 g/mol. The molecule has 0 saturated carbocycles. The first kappa shape index (κ1) is 14.2. The summed E-state index contributed by atoms with van der Waals surface area (Å²) in [6.45, 7) is 0.530. The molecule has 0 heterocycles. The van der Waals surface area contributed by atoms with Crippen LogP contribution < -0.4 is 10.6 Å². The van der Waals surface area contributed by atoms with Crippen LogP contribution in [0.25, 0.3) is 0 Å². The van der Waals surface area contributed by atoms with Crippen LogP contribution >= 0.6 is 0 Å². The number of nitrogen functional groups attached to an aromatic ring is 1. The van der Waals surface area contributed by atoms with Crippen LogP contribution in [0, 0.1) is 0 Å². The van der Waals surface area contributed by atoms with E-state index >= 15 is 0 Å². The number of nitrogens with zero attached hydrogens (tertiary/aromatic N) is 1.